The van der Waals surface area contributed by atoms with Crippen molar-refractivity contribution in [2.75, 3.05) is 6.54 Å². The fourth-order valence-corrected chi connectivity index (χ4v) is 0.968. The Morgan fingerprint density at radius 1 is 1.80 bits per heavy atom. The minimum Gasteiger partial charge on any atom is -0.277 e. The van der Waals surface area contributed by atoms with Crippen molar-refractivity contribution in [2.24, 2.45) is 4.74 Å². The van der Waals surface area contributed by atoms with E-state index in [1.54, 1.807) is 0 Å². The van der Waals surface area contributed by atoms with Crippen LogP contribution in [0.3, 0.4) is 0 Å². The first kappa shape index (κ1) is 3.17. The van der Waals surface area contributed by atoms with E-state index in [0.717, 1.165) is 14.5 Å². The van der Waals surface area contributed by atoms with Crippen molar-refractivity contribution in [3.8, 4) is 0 Å². The van der Waals surface area contributed by atoms with E-state index < -0.39 is 0 Å². The molecule has 0 bridgehead atoms. The van der Waals surface area contributed by atoms with Gasteiger partial charge in [-0.15, -0.1) is 0 Å². The molecule has 1 atom stereocenters. The SMILES string of the molecule is C1=[PH]=NCC1. The van der Waals surface area contributed by atoms with Gasteiger partial charge in [0.15, 0.2) is 0 Å². The van der Waals surface area contributed by atoms with Gasteiger partial charge in [0.1, 0.15) is 0 Å². The average molecular weight is 87.1 g/mol. The van der Waals surface area contributed by atoms with E-state index in [1.807, 2.05) is 0 Å². The molecule has 0 amide bonds. The first-order chi connectivity index (χ1) is 2.50. The van der Waals surface area contributed by atoms with Gasteiger partial charge in [-0.2, -0.15) is 0 Å². The summed E-state index contributed by atoms with van der Waals surface area (Å²) in [5.74, 6) is 2.22. The van der Waals surface area contributed by atoms with Crippen LogP contribution in [0.4, 0.5) is 0 Å². The molecule has 1 aliphatic rings. The highest BCUT2D eigenvalue weighted by molar-refractivity contribution is 7.28. The second-order valence-electron chi connectivity index (χ2n) is 1.00. The average Bonchev–Trinajstić information content (AvgIpc) is 1.76. The second-order valence-corrected chi connectivity index (χ2v) is 1.99. The van der Waals surface area contributed by atoms with Gasteiger partial charge < -0.3 is 0 Å². The predicted octanol–water partition coefficient (Wildman–Crippen LogP) is 1.05. The van der Waals surface area contributed by atoms with Gasteiger partial charge in [0.2, 0.25) is 0 Å². The van der Waals surface area contributed by atoms with Crippen LogP contribution in [0.15, 0.2) is 4.74 Å². The number of hydrogen-bond donors (Lipinski definition) is 0. The summed E-state index contributed by atoms with van der Waals surface area (Å²) in [6, 6.07) is 0. The first-order valence-corrected chi connectivity index (χ1v) is 2.76. The monoisotopic (exact) mass is 87.0 g/mol. The Balaban J connectivity index is 2.64. The van der Waals surface area contributed by atoms with Gasteiger partial charge in [-0.1, -0.05) is 8.00 Å². The van der Waals surface area contributed by atoms with E-state index in [2.05, 4.69) is 10.5 Å². The third kappa shape index (κ3) is 0.624. The van der Waals surface area contributed by atoms with Crippen molar-refractivity contribution >= 4 is 13.8 Å². The van der Waals surface area contributed by atoms with E-state index >= 15 is 0 Å². The molecule has 0 spiro atoms. The Kier molecular flexibility index (Phi) is 0.899. The van der Waals surface area contributed by atoms with Crippen molar-refractivity contribution in [3.05, 3.63) is 0 Å². The minimum absolute atomic E-state index is 0.809. The quantitative estimate of drug-likeness (QED) is 0.391. The summed E-state index contributed by atoms with van der Waals surface area (Å²) in [4.78, 5) is 0. The summed E-state index contributed by atoms with van der Waals surface area (Å²) in [6.45, 7) is 1.08. The molecule has 0 aromatic carbocycles. The van der Waals surface area contributed by atoms with Crippen molar-refractivity contribution in [1.82, 2.24) is 0 Å². The molecule has 1 aliphatic heterocycles. The van der Waals surface area contributed by atoms with E-state index in [9.17, 15) is 0 Å². The highest BCUT2D eigenvalue weighted by Gasteiger charge is 1.76. The number of rotatable bonds is 0. The molecule has 0 radical (unpaired) electrons. The molecular weight excluding hydrogens is 81.0 g/mol. The van der Waals surface area contributed by atoms with Gasteiger partial charge in [-0.05, 0) is 12.2 Å². The van der Waals surface area contributed by atoms with Gasteiger partial charge in [0.05, 0.1) is 0 Å². The largest absolute Gasteiger partial charge is 0.277 e. The van der Waals surface area contributed by atoms with Crippen molar-refractivity contribution in [1.29, 1.82) is 0 Å². The maximum atomic E-state index is 4.06. The maximum Gasteiger partial charge on any atom is 0.0463 e. The van der Waals surface area contributed by atoms with Crippen LogP contribution in [0.1, 0.15) is 6.42 Å². The summed E-state index contributed by atoms with van der Waals surface area (Å²) in [5, 5.41) is 0. The molecule has 0 aliphatic carbocycles. The van der Waals surface area contributed by atoms with E-state index in [-0.39, 0.29) is 0 Å². The second kappa shape index (κ2) is 1.42. The molecule has 28 valence electrons. The molecule has 0 aromatic rings. The van der Waals surface area contributed by atoms with Gasteiger partial charge in [0, 0.05) is 6.54 Å². The molecule has 0 saturated carbocycles. The smallest absolute Gasteiger partial charge is 0.0463 e. The lowest BCUT2D eigenvalue weighted by Gasteiger charge is -1.66. The molecule has 0 aromatic heterocycles. The van der Waals surface area contributed by atoms with E-state index in [0.29, 0.717) is 0 Å². The lowest BCUT2D eigenvalue weighted by atomic mass is 10.5. The highest BCUT2D eigenvalue weighted by atomic mass is 31.0. The molecule has 1 heterocycles. The van der Waals surface area contributed by atoms with Crippen LogP contribution in [-0.4, -0.2) is 12.3 Å². The zero-order valence-electron chi connectivity index (χ0n) is 2.94. The van der Waals surface area contributed by atoms with Crippen molar-refractivity contribution < 1.29 is 0 Å². The Bertz CT molecular complexity index is 72.9. The van der Waals surface area contributed by atoms with Crippen LogP contribution in [0.5, 0.6) is 0 Å². The topological polar surface area (TPSA) is 12.4 Å². The molecule has 0 fully saturated rings. The van der Waals surface area contributed by atoms with Crippen LogP contribution in [0, 0.1) is 0 Å². The molecule has 5 heavy (non-hydrogen) atoms. The standard InChI is InChI=1S/C3H6NP/c1-2-4-5-3-1/h3,5H,1-2H2. The first-order valence-electron chi connectivity index (χ1n) is 1.74. The van der Waals surface area contributed by atoms with Crippen LogP contribution in [0.25, 0.3) is 0 Å². The number of hydrogen-bond acceptors (Lipinski definition) is 1. The Labute approximate surface area is 32.5 Å². The fraction of sp³-hybridized carbons (Fsp3) is 0.667. The molecule has 1 nitrogen and oxygen atoms in total. The zero-order chi connectivity index (χ0) is 3.54. The van der Waals surface area contributed by atoms with Crippen molar-refractivity contribution in [3.63, 3.8) is 0 Å². The lowest BCUT2D eigenvalue weighted by Crippen LogP contribution is -1.67. The zero-order valence-corrected chi connectivity index (χ0v) is 3.94. The van der Waals surface area contributed by atoms with Gasteiger partial charge in [-0.25, -0.2) is 0 Å². The normalized spacial score (nSPS) is 22.4. The molecule has 0 N–H and O–H groups in total. The van der Waals surface area contributed by atoms with Gasteiger partial charge in [-0.3, -0.25) is 4.74 Å². The molecule has 2 heteroatoms. The van der Waals surface area contributed by atoms with Crippen LogP contribution in [0.2, 0.25) is 0 Å². The van der Waals surface area contributed by atoms with Gasteiger partial charge in [0.25, 0.3) is 0 Å². The maximum absolute atomic E-state index is 4.06. The summed E-state index contributed by atoms with van der Waals surface area (Å²) in [7, 11) is 0.809. The lowest BCUT2D eigenvalue weighted by molar-refractivity contribution is 1.10. The highest BCUT2D eigenvalue weighted by Crippen LogP contribution is 1.94. The van der Waals surface area contributed by atoms with Crippen LogP contribution in [-0.2, 0) is 0 Å². The molecular formula is C3H6NP. The van der Waals surface area contributed by atoms with Gasteiger partial charge >= 0.3 is 0 Å². The number of nitrogens with zero attached hydrogens (tertiary/aromatic N) is 1. The molecule has 1 unspecified atom stereocenters. The fourth-order valence-electron chi connectivity index (χ4n) is 0.323. The van der Waals surface area contributed by atoms with Crippen molar-refractivity contribution in [2.45, 2.75) is 6.42 Å². The van der Waals surface area contributed by atoms with E-state index in [1.165, 1.54) is 6.42 Å². The third-order valence-corrected chi connectivity index (χ3v) is 1.45. The van der Waals surface area contributed by atoms with Crippen LogP contribution < -0.4 is 0 Å². The third-order valence-electron chi connectivity index (χ3n) is 0.568. The molecule has 0 saturated heterocycles. The summed E-state index contributed by atoms with van der Waals surface area (Å²) < 4.78 is 4.06. The summed E-state index contributed by atoms with van der Waals surface area (Å²) in [5.41, 5.74) is 0. The molecule has 1 rings (SSSR count). The van der Waals surface area contributed by atoms with E-state index in [4.69, 9.17) is 0 Å². The summed E-state index contributed by atoms with van der Waals surface area (Å²) in [6.07, 6.45) is 1.22. The minimum atomic E-state index is 0.809. The Hall–Kier alpha value is -0.0300. The Morgan fingerprint density at radius 3 is 3.00 bits per heavy atom. The summed E-state index contributed by atoms with van der Waals surface area (Å²) >= 11 is 0. The van der Waals surface area contributed by atoms with Crippen LogP contribution >= 0.6 is 8.00 Å². The predicted molar refractivity (Wildman–Crippen MR) is 26.3 cm³/mol. The Morgan fingerprint density at radius 2 is 2.80 bits per heavy atom.